The number of fused-ring (bicyclic) bond motifs is 1. The molecule has 1 aliphatic rings. The van der Waals surface area contributed by atoms with Crippen molar-refractivity contribution in [2.24, 2.45) is 5.73 Å². The molecule has 0 aromatic heterocycles. The fourth-order valence-electron chi connectivity index (χ4n) is 2.49. The largest absolute Gasteiger partial charge is 0.489 e. The summed E-state index contributed by atoms with van der Waals surface area (Å²) in [6.45, 7) is 0.576. The van der Waals surface area contributed by atoms with Crippen LogP contribution in [0.4, 0.5) is 0 Å². The zero-order valence-electron chi connectivity index (χ0n) is 10.6. The van der Waals surface area contributed by atoms with Gasteiger partial charge in [-0.3, -0.25) is 0 Å². The smallest absolute Gasteiger partial charge is 0.120 e. The normalized spacial score (nSPS) is 17.3. The Balaban J connectivity index is 1.73. The van der Waals surface area contributed by atoms with E-state index < -0.39 is 0 Å². The van der Waals surface area contributed by atoms with E-state index in [-0.39, 0.29) is 6.04 Å². The molecule has 0 aliphatic heterocycles. The lowest BCUT2D eigenvalue weighted by Crippen LogP contribution is -2.05. The lowest BCUT2D eigenvalue weighted by molar-refractivity contribution is 0.305. The predicted octanol–water partition coefficient (Wildman–Crippen LogP) is 3.97. The minimum absolute atomic E-state index is 0.201. The standard InChI is InChI=1S/C16H16BrNO/c17-15-4-2-1-3-12(15)10-19-13-6-7-14-11(9-13)5-8-16(14)18/h1-4,6-7,9,16H,5,8,10,18H2. The topological polar surface area (TPSA) is 35.2 Å². The molecular weight excluding hydrogens is 302 g/mol. The third-order valence-corrected chi connectivity index (χ3v) is 4.36. The van der Waals surface area contributed by atoms with Crippen LogP contribution in [0, 0.1) is 0 Å². The molecule has 0 spiro atoms. The first-order chi connectivity index (χ1) is 9.24. The molecule has 2 aromatic rings. The van der Waals surface area contributed by atoms with Gasteiger partial charge < -0.3 is 10.5 Å². The van der Waals surface area contributed by atoms with Crippen molar-refractivity contribution in [2.45, 2.75) is 25.5 Å². The van der Waals surface area contributed by atoms with Gasteiger partial charge in [-0.05, 0) is 42.2 Å². The zero-order valence-corrected chi connectivity index (χ0v) is 12.2. The van der Waals surface area contributed by atoms with Crippen molar-refractivity contribution in [1.82, 2.24) is 0 Å². The minimum atomic E-state index is 0.201. The molecule has 1 unspecified atom stereocenters. The average molecular weight is 318 g/mol. The maximum Gasteiger partial charge on any atom is 0.120 e. The molecule has 0 fully saturated rings. The molecule has 0 saturated heterocycles. The lowest BCUT2D eigenvalue weighted by atomic mass is 10.1. The van der Waals surface area contributed by atoms with Crippen LogP contribution in [-0.4, -0.2) is 0 Å². The molecule has 98 valence electrons. The Labute approximate surface area is 121 Å². The second-order valence-electron chi connectivity index (χ2n) is 4.89. The van der Waals surface area contributed by atoms with Crippen LogP contribution in [0.5, 0.6) is 5.75 Å². The summed E-state index contributed by atoms with van der Waals surface area (Å²) in [4.78, 5) is 0. The number of hydrogen-bond donors (Lipinski definition) is 1. The van der Waals surface area contributed by atoms with Crippen molar-refractivity contribution in [1.29, 1.82) is 0 Å². The maximum absolute atomic E-state index is 6.03. The van der Waals surface area contributed by atoms with Crippen molar-refractivity contribution in [3.63, 3.8) is 0 Å². The summed E-state index contributed by atoms with van der Waals surface area (Å²) in [5, 5.41) is 0. The molecule has 19 heavy (non-hydrogen) atoms. The fraction of sp³-hybridized carbons (Fsp3) is 0.250. The van der Waals surface area contributed by atoms with Gasteiger partial charge in [-0.1, -0.05) is 40.2 Å². The van der Waals surface area contributed by atoms with Crippen molar-refractivity contribution in [3.8, 4) is 5.75 Å². The highest BCUT2D eigenvalue weighted by atomic mass is 79.9. The van der Waals surface area contributed by atoms with Crippen LogP contribution in [0.1, 0.15) is 29.2 Å². The van der Waals surface area contributed by atoms with Gasteiger partial charge in [-0.2, -0.15) is 0 Å². The molecule has 2 N–H and O–H groups in total. The SMILES string of the molecule is NC1CCc2cc(OCc3ccccc3Br)ccc21. The van der Waals surface area contributed by atoms with Crippen LogP contribution in [0.25, 0.3) is 0 Å². The first kappa shape index (κ1) is 12.7. The second kappa shape index (κ2) is 5.35. The van der Waals surface area contributed by atoms with E-state index in [4.69, 9.17) is 10.5 Å². The van der Waals surface area contributed by atoms with Gasteiger partial charge in [0, 0.05) is 16.1 Å². The molecule has 3 heteroatoms. The quantitative estimate of drug-likeness (QED) is 0.929. The predicted molar refractivity (Wildman–Crippen MR) is 80.2 cm³/mol. The van der Waals surface area contributed by atoms with Crippen LogP contribution in [-0.2, 0) is 13.0 Å². The summed E-state index contributed by atoms with van der Waals surface area (Å²) >= 11 is 3.53. The Bertz CT molecular complexity index is 597. The Morgan fingerprint density at radius 3 is 2.89 bits per heavy atom. The number of hydrogen-bond acceptors (Lipinski definition) is 2. The van der Waals surface area contributed by atoms with Gasteiger partial charge >= 0.3 is 0 Å². The molecule has 0 amide bonds. The molecule has 0 saturated carbocycles. The Morgan fingerprint density at radius 1 is 1.21 bits per heavy atom. The van der Waals surface area contributed by atoms with E-state index in [1.807, 2.05) is 24.3 Å². The van der Waals surface area contributed by atoms with E-state index in [0.717, 1.165) is 28.6 Å². The van der Waals surface area contributed by atoms with Gasteiger partial charge in [0.15, 0.2) is 0 Å². The van der Waals surface area contributed by atoms with Gasteiger partial charge in [-0.15, -0.1) is 0 Å². The van der Waals surface area contributed by atoms with Crippen molar-refractivity contribution in [3.05, 3.63) is 63.6 Å². The van der Waals surface area contributed by atoms with E-state index in [9.17, 15) is 0 Å². The highest BCUT2D eigenvalue weighted by molar-refractivity contribution is 9.10. The van der Waals surface area contributed by atoms with Crippen LogP contribution < -0.4 is 10.5 Å². The lowest BCUT2D eigenvalue weighted by Gasteiger charge is -2.10. The molecule has 3 rings (SSSR count). The van der Waals surface area contributed by atoms with Crippen molar-refractivity contribution in [2.75, 3.05) is 0 Å². The van der Waals surface area contributed by atoms with Crippen LogP contribution in [0.15, 0.2) is 46.9 Å². The molecular formula is C16H16BrNO. The maximum atomic E-state index is 6.03. The average Bonchev–Trinajstić information content (AvgIpc) is 2.79. The van der Waals surface area contributed by atoms with Gasteiger partial charge in [0.1, 0.15) is 12.4 Å². The van der Waals surface area contributed by atoms with Gasteiger partial charge in [0.05, 0.1) is 0 Å². The van der Waals surface area contributed by atoms with E-state index in [2.05, 4.69) is 34.1 Å². The molecule has 0 bridgehead atoms. The molecule has 0 heterocycles. The Kier molecular flexibility index (Phi) is 3.58. The van der Waals surface area contributed by atoms with E-state index in [0.29, 0.717) is 6.61 Å². The highest BCUT2D eigenvalue weighted by Crippen LogP contribution is 2.32. The summed E-state index contributed by atoms with van der Waals surface area (Å²) in [7, 11) is 0. The minimum Gasteiger partial charge on any atom is -0.489 e. The monoisotopic (exact) mass is 317 g/mol. The van der Waals surface area contributed by atoms with Gasteiger partial charge in [-0.25, -0.2) is 0 Å². The third kappa shape index (κ3) is 2.67. The first-order valence-corrected chi connectivity index (χ1v) is 7.28. The summed E-state index contributed by atoms with van der Waals surface area (Å²) in [6.07, 6.45) is 2.10. The number of aryl methyl sites for hydroxylation is 1. The zero-order chi connectivity index (χ0) is 13.2. The number of ether oxygens (including phenoxy) is 1. The van der Waals surface area contributed by atoms with Crippen LogP contribution >= 0.6 is 15.9 Å². The number of halogens is 1. The molecule has 2 aromatic carbocycles. The van der Waals surface area contributed by atoms with Crippen molar-refractivity contribution < 1.29 is 4.74 Å². The van der Waals surface area contributed by atoms with Crippen LogP contribution in [0.3, 0.4) is 0 Å². The molecule has 1 atom stereocenters. The summed E-state index contributed by atoms with van der Waals surface area (Å²) < 4.78 is 6.94. The number of rotatable bonds is 3. The second-order valence-corrected chi connectivity index (χ2v) is 5.74. The molecule has 0 radical (unpaired) electrons. The third-order valence-electron chi connectivity index (χ3n) is 3.59. The van der Waals surface area contributed by atoms with Gasteiger partial charge in [0.25, 0.3) is 0 Å². The fourth-order valence-corrected chi connectivity index (χ4v) is 2.89. The van der Waals surface area contributed by atoms with Crippen molar-refractivity contribution >= 4 is 15.9 Å². The Hall–Kier alpha value is -1.32. The molecule has 2 nitrogen and oxygen atoms in total. The summed E-state index contributed by atoms with van der Waals surface area (Å²) in [5.41, 5.74) is 9.79. The van der Waals surface area contributed by atoms with E-state index >= 15 is 0 Å². The number of benzene rings is 2. The summed E-state index contributed by atoms with van der Waals surface area (Å²) in [6, 6.07) is 14.6. The Morgan fingerprint density at radius 2 is 2.05 bits per heavy atom. The summed E-state index contributed by atoms with van der Waals surface area (Å²) in [5.74, 6) is 0.920. The number of nitrogens with two attached hydrogens (primary N) is 1. The highest BCUT2D eigenvalue weighted by Gasteiger charge is 2.19. The van der Waals surface area contributed by atoms with E-state index in [1.54, 1.807) is 0 Å². The van der Waals surface area contributed by atoms with E-state index in [1.165, 1.54) is 11.1 Å². The van der Waals surface area contributed by atoms with Crippen LogP contribution in [0.2, 0.25) is 0 Å². The molecule has 1 aliphatic carbocycles. The van der Waals surface area contributed by atoms with Gasteiger partial charge in [0.2, 0.25) is 0 Å². The first-order valence-electron chi connectivity index (χ1n) is 6.48.